The van der Waals surface area contributed by atoms with E-state index in [0.29, 0.717) is 12.3 Å². The summed E-state index contributed by atoms with van der Waals surface area (Å²) >= 11 is 0. The molecule has 4 nitrogen and oxygen atoms in total. The Bertz CT molecular complexity index is 415. The lowest BCUT2D eigenvalue weighted by atomic mass is 10.0. The Hall–Kier alpha value is -1.55. The van der Waals surface area contributed by atoms with Gasteiger partial charge in [0.05, 0.1) is 6.04 Å². The summed E-state index contributed by atoms with van der Waals surface area (Å²) in [7, 11) is 1.80. The van der Waals surface area contributed by atoms with Crippen LogP contribution in [0.5, 0.6) is 5.75 Å². The van der Waals surface area contributed by atoms with Crippen LogP contribution in [0.3, 0.4) is 0 Å². The molecule has 0 saturated carbocycles. The molecule has 2 atom stereocenters. The highest BCUT2D eigenvalue weighted by molar-refractivity contribution is 5.82. The molecule has 0 aliphatic carbocycles. The van der Waals surface area contributed by atoms with Crippen LogP contribution in [0.25, 0.3) is 0 Å². The number of likely N-dealkylation sites (N-methyl/N-ethyl adjacent to an activating group) is 1. The number of hydrogen-bond donors (Lipinski definition) is 2. The van der Waals surface area contributed by atoms with E-state index in [0.717, 1.165) is 5.56 Å². The van der Waals surface area contributed by atoms with Gasteiger partial charge >= 0.3 is 0 Å². The minimum atomic E-state index is -0.546. The van der Waals surface area contributed by atoms with Gasteiger partial charge in [0, 0.05) is 13.1 Å². The highest BCUT2D eigenvalue weighted by atomic mass is 16.3. The first kappa shape index (κ1) is 15.5. The molecule has 106 valence electrons. The van der Waals surface area contributed by atoms with Crippen LogP contribution in [0.2, 0.25) is 0 Å². The third kappa shape index (κ3) is 4.24. The minimum Gasteiger partial charge on any atom is -0.508 e. The van der Waals surface area contributed by atoms with Gasteiger partial charge in [-0.3, -0.25) is 4.79 Å². The Labute approximate surface area is 115 Å². The van der Waals surface area contributed by atoms with Crippen molar-refractivity contribution >= 4 is 5.91 Å². The van der Waals surface area contributed by atoms with E-state index in [2.05, 4.69) is 13.8 Å². The van der Waals surface area contributed by atoms with Crippen LogP contribution in [0.15, 0.2) is 24.3 Å². The molecular weight excluding hydrogens is 240 g/mol. The Balaban J connectivity index is 2.64. The molecule has 0 aliphatic rings. The number of hydrogen-bond acceptors (Lipinski definition) is 3. The number of carbonyl (C=O) groups is 1. The van der Waals surface area contributed by atoms with Crippen molar-refractivity contribution in [3.05, 3.63) is 29.8 Å². The highest BCUT2D eigenvalue weighted by Crippen LogP contribution is 2.13. The lowest BCUT2D eigenvalue weighted by Crippen LogP contribution is -2.48. The summed E-state index contributed by atoms with van der Waals surface area (Å²) in [5, 5.41) is 9.22. The molecule has 1 aromatic rings. The van der Waals surface area contributed by atoms with E-state index >= 15 is 0 Å². The molecule has 0 aromatic heterocycles. The summed E-state index contributed by atoms with van der Waals surface area (Å²) in [5.41, 5.74) is 6.92. The number of phenolic OH excluding ortho intramolecular Hbond substituents is 1. The molecule has 0 aliphatic heterocycles. The number of aromatic hydroxyl groups is 1. The van der Waals surface area contributed by atoms with Gasteiger partial charge in [-0.05, 0) is 37.0 Å². The maximum atomic E-state index is 12.2. The van der Waals surface area contributed by atoms with Crippen LogP contribution >= 0.6 is 0 Å². The molecule has 0 bridgehead atoms. The van der Waals surface area contributed by atoms with Gasteiger partial charge in [0.2, 0.25) is 5.91 Å². The van der Waals surface area contributed by atoms with E-state index < -0.39 is 6.04 Å². The molecule has 4 heteroatoms. The maximum Gasteiger partial charge on any atom is 0.239 e. The molecule has 1 rings (SSSR count). The maximum absolute atomic E-state index is 12.2. The predicted octanol–water partition coefficient (Wildman–Crippen LogP) is 1.76. The van der Waals surface area contributed by atoms with Gasteiger partial charge in [-0.2, -0.15) is 0 Å². The monoisotopic (exact) mass is 264 g/mol. The Morgan fingerprint density at radius 3 is 2.26 bits per heavy atom. The summed E-state index contributed by atoms with van der Waals surface area (Å²) in [6.45, 7) is 6.19. The first-order chi connectivity index (χ1) is 8.82. The number of benzene rings is 1. The Morgan fingerprint density at radius 2 is 1.79 bits per heavy atom. The molecule has 0 saturated heterocycles. The normalized spacial score (nSPS) is 14.2. The first-order valence-electron chi connectivity index (χ1n) is 6.63. The fourth-order valence-electron chi connectivity index (χ4n) is 1.88. The van der Waals surface area contributed by atoms with E-state index in [1.54, 1.807) is 36.2 Å². The van der Waals surface area contributed by atoms with Gasteiger partial charge in [0.25, 0.3) is 0 Å². The molecule has 1 amide bonds. The number of carbonyl (C=O) groups excluding carboxylic acids is 1. The standard InChI is InChI=1S/C15H24N2O2/c1-10(2)11(3)17(4)15(19)14(16)9-12-5-7-13(18)8-6-12/h5-8,10-11,14,18H,9,16H2,1-4H3. The number of nitrogens with zero attached hydrogens (tertiary/aromatic N) is 1. The van der Waals surface area contributed by atoms with Gasteiger partial charge in [0.1, 0.15) is 5.75 Å². The largest absolute Gasteiger partial charge is 0.508 e. The van der Waals surface area contributed by atoms with Crippen molar-refractivity contribution in [2.24, 2.45) is 11.7 Å². The van der Waals surface area contributed by atoms with Crippen molar-refractivity contribution in [2.45, 2.75) is 39.3 Å². The van der Waals surface area contributed by atoms with E-state index in [-0.39, 0.29) is 17.7 Å². The fraction of sp³-hybridized carbons (Fsp3) is 0.533. The third-order valence-corrected chi connectivity index (χ3v) is 3.63. The third-order valence-electron chi connectivity index (χ3n) is 3.63. The van der Waals surface area contributed by atoms with Crippen molar-refractivity contribution in [3.8, 4) is 5.75 Å². The van der Waals surface area contributed by atoms with Gasteiger partial charge in [-0.25, -0.2) is 0 Å². The minimum absolute atomic E-state index is 0.0470. The zero-order valence-corrected chi connectivity index (χ0v) is 12.1. The number of rotatable bonds is 5. The van der Waals surface area contributed by atoms with Crippen LogP contribution in [0.4, 0.5) is 0 Å². The molecule has 19 heavy (non-hydrogen) atoms. The first-order valence-corrected chi connectivity index (χ1v) is 6.63. The van der Waals surface area contributed by atoms with Gasteiger partial charge in [-0.15, -0.1) is 0 Å². The van der Waals surface area contributed by atoms with Crippen LogP contribution in [-0.4, -0.2) is 35.0 Å². The quantitative estimate of drug-likeness (QED) is 0.851. The molecular formula is C15H24N2O2. The lowest BCUT2D eigenvalue weighted by Gasteiger charge is -2.30. The average Bonchev–Trinajstić information content (AvgIpc) is 2.38. The average molecular weight is 264 g/mol. The smallest absolute Gasteiger partial charge is 0.239 e. The highest BCUT2D eigenvalue weighted by Gasteiger charge is 2.23. The van der Waals surface area contributed by atoms with Gasteiger partial charge in [0.15, 0.2) is 0 Å². The predicted molar refractivity (Wildman–Crippen MR) is 76.9 cm³/mol. The summed E-state index contributed by atoms with van der Waals surface area (Å²) in [6.07, 6.45) is 0.480. The molecule has 1 aromatic carbocycles. The van der Waals surface area contributed by atoms with E-state index in [4.69, 9.17) is 5.73 Å². The lowest BCUT2D eigenvalue weighted by molar-refractivity contribution is -0.133. The van der Waals surface area contributed by atoms with Crippen molar-refractivity contribution in [2.75, 3.05) is 7.05 Å². The summed E-state index contributed by atoms with van der Waals surface area (Å²) < 4.78 is 0. The SMILES string of the molecule is CC(C)C(C)N(C)C(=O)C(N)Cc1ccc(O)cc1. The Morgan fingerprint density at radius 1 is 1.26 bits per heavy atom. The van der Waals surface area contributed by atoms with E-state index in [9.17, 15) is 9.90 Å². The van der Waals surface area contributed by atoms with E-state index in [1.165, 1.54) is 0 Å². The van der Waals surface area contributed by atoms with Crippen LogP contribution in [0, 0.1) is 5.92 Å². The zero-order valence-electron chi connectivity index (χ0n) is 12.1. The van der Waals surface area contributed by atoms with Crippen molar-refractivity contribution < 1.29 is 9.90 Å². The number of phenols is 1. The topological polar surface area (TPSA) is 66.6 Å². The van der Waals surface area contributed by atoms with Crippen LogP contribution in [-0.2, 0) is 11.2 Å². The number of amides is 1. The molecule has 0 heterocycles. The van der Waals surface area contributed by atoms with Crippen LogP contribution in [0.1, 0.15) is 26.3 Å². The van der Waals surface area contributed by atoms with Gasteiger partial charge in [-0.1, -0.05) is 26.0 Å². The van der Waals surface area contributed by atoms with E-state index in [1.807, 2.05) is 6.92 Å². The molecule has 0 spiro atoms. The van der Waals surface area contributed by atoms with Crippen molar-refractivity contribution in [1.82, 2.24) is 4.90 Å². The summed E-state index contributed by atoms with van der Waals surface area (Å²) in [5.74, 6) is 0.568. The molecule has 2 unspecified atom stereocenters. The number of nitrogens with two attached hydrogens (primary N) is 1. The van der Waals surface area contributed by atoms with Crippen LogP contribution < -0.4 is 5.73 Å². The van der Waals surface area contributed by atoms with Crippen molar-refractivity contribution in [3.63, 3.8) is 0 Å². The summed E-state index contributed by atoms with van der Waals surface area (Å²) in [6, 6.07) is 6.40. The second-order valence-corrected chi connectivity index (χ2v) is 5.41. The van der Waals surface area contributed by atoms with Gasteiger partial charge < -0.3 is 15.7 Å². The molecule has 0 radical (unpaired) electrons. The Kier molecular flexibility index (Phi) is 5.36. The summed E-state index contributed by atoms with van der Waals surface area (Å²) in [4.78, 5) is 13.9. The second kappa shape index (κ2) is 6.57. The molecule has 3 N–H and O–H groups in total. The zero-order chi connectivity index (χ0) is 14.6. The van der Waals surface area contributed by atoms with Crippen molar-refractivity contribution in [1.29, 1.82) is 0 Å². The molecule has 0 fully saturated rings. The second-order valence-electron chi connectivity index (χ2n) is 5.41. The fourth-order valence-corrected chi connectivity index (χ4v) is 1.88.